The van der Waals surface area contributed by atoms with Crippen LogP contribution in [0.5, 0.6) is 0 Å². The fraction of sp³-hybridized carbons (Fsp3) is 0.333. The molecule has 0 aliphatic carbocycles. The first-order chi connectivity index (χ1) is 9.78. The number of H-pyrrole nitrogens is 1. The van der Waals surface area contributed by atoms with E-state index in [0.717, 1.165) is 42.1 Å². The first kappa shape index (κ1) is 13.2. The largest absolute Gasteiger partial charge is 0.370 e. The standard InChI is InChI=1S/C15H17N3OS/c1-2-20-11-7-5-10(6-8-11)13-17-14-12(15(19)18-13)4-3-9-16-14/h5-8H,2-4,9H2,1H3,(H2,16,17,18,19). The highest BCUT2D eigenvalue weighted by Crippen LogP contribution is 2.23. The van der Waals surface area contributed by atoms with Gasteiger partial charge in [-0.3, -0.25) is 4.79 Å². The molecule has 1 aromatic carbocycles. The van der Waals surface area contributed by atoms with Crippen LogP contribution in [-0.4, -0.2) is 22.3 Å². The van der Waals surface area contributed by atoms with Crippen molar-refractivity contribution in [2.45, 2.75) is 24.7 Å². The van der Waals surface area contributed by atoms with Crippen LogP contribution in [0.1, 0.15) is 18.9 Å². The lowest BCUT2D eigenvalue weighted by Crippen LogP contribution is -2.24. The Balaban J connectivity index is 1.97. The normalized spacial score (nSPS) is 13.7. The van der Waals surface area contributed by atoms with Gasteiger partial charge in [0.05, 0.1) is 5.56 Å². The van der Waals surface area contributed by atoms with Gasteiger partial charge in [0.2, 0.25) is 0 Å². The van der Waals surface area contributed by atoms with Crippen LogP contribution in [0.15, 0.2) is 34.0 Å². The molecule has 2 heterocycles. The lowest BCUT2D eigenvalue weighted by atomic mass is 10.1. The Bertz CT molecular complexity index is 664. The monoisotopic (exact) mass is 287 g/mol. The number of rotatable bonds is 3. The van der Waals surface area contributed by atoms with E-state index in [1.54, 1.807) is 11.8 Å². The number of hydrogen-bond donors (Lipinski definition) is 2. The topological polar surface area (TPSA) is 57.8 Å². The summed E-state index contributed by atoms with van der Waals surface area (Å²) in [6.45, 7) is 3.02. The zero-order valence-corrected chi connectivity index (χ0v) is 12.2. The molecule has 1 aromatic heterocycles. The number of hydrogen-bond acceptors (Lipinski definition) is 4. The van der Waals surface area contributed by atoms with Crippen LogP contribution in [0, 0.1) is 0 Å². The highest BCUT2D eigenvalue weighted by molar-refractivity contribution is 7.99. The summed E-state index contributed by atoms with van der Waals surface area (Å²) in [5.74, 6) is 2.43. The van der Waals surface area contributed by atoms with E-state index in [0.29, 0.717) is 5.82 Å². The van der Waals surface area contributed by atoms with Crippen LogP contribution >= 0.6 is 11.8 Å². The molecule has 104 valence electrons. The number of nitrogens with zero attached hydrogens (tertiary/aromatic N) is 1. The molecule has 20 heavy (non-hydrogen) atoms. The minimum absolute atomic E-state index is 0.0239. The van der Waals surface area contributed by atoms with Gasteiger partial charge in [-0.1, -0.05) is 19.1 Å². The molecule has 0 bridgehead atoms. The van der Waals surface area contributed by atoms with Crippen molar-refractivity contribution in [1.29, 1.82) is 0 Å². The summed E-state index contributed by atoms with van der Waals surface area (Å²) in [4.78, 5) is 20.8. The Morgan fingerprint density at radius 1 is 1.30 bits per heavy atom. The van der Waals surface area contributed by atoms with E-state index in [1.807, 2.05) is 12.1 Å². The Morgan fingerprint density at radius 3 is 2.85 bits per heavy atom. The summed E-state index contributed by atoms with van der Waals surface area (Å²) < 4.78 is 0. The zero-order chi connectivity index (χ0) is 13.9. The predicted octanol–water partition coefficient (Wildman–Crippen LogP) is 2.91. The van der Waals surface area contributed by atoms with E-state index in [4.69, 9.17) is 0 Å². The summed E-state index contributed by atoms with van der Waals surface area (Å²) in [7, 11) is 0. The summed E-state index contributed by atoms with van der Waals surface area (Å²) in [5, 5.41) is 3.21. The van der Waals surface area contributed by atoms with Crippen molar-refractivity contribution in [3.63, 3.8) is 0 Å². The molecule has 4 nitrogen and oxygen atoms in total. The molecule has 1 aliphatic rings. The van der Waals surface area contributed by atoms with Gasteiger partial charge in [0.15, 0.2) is 0 Å². The molecule has 0 amide bonds. The number of fused-ring (bicyclic) bond motifs is 1. The van der Waals surface area contributed by atoms with Gasteiger partial charge in [-0.15, -0.1) is 11.8 Å². The first-order valence-corrected chi connectivity index (χ1v) is 7.87. The summed E-state index contributed by atoms with van der Waals surface area (Å²) in [6, 6.07) is 8.14. The molecule has 0 radical (unpaired) electrons. The third kappa shape index (κ3) is 2.58. The lowest BCUT2D eigenvalue weighted by Gasteiger charge is -2.16. The molecule has 5 heteroatoms. The molecule has 0 saturated carbocycles. The van der Waals surface area contributed by atoms with Gasteiger partial charge in [0.25, 0.3) is 5.56 Å². The van der Waals surface area contributed by atoms with Crippen molar-refractivity contribution in [2.75, 3.05) is 17.6 Å². The summed E-state index contributed by atoms with van der Waals surface area (Å²) in [5.41, 5.74) is 1.69. The third-order valence-corrected chi connectivity index (χ3v) is 4.24. The van der Waals surface area contributed by atoms with Crippen LogP contribution in [0.2, 0.25) is 0 Å². The summed E-state index contributed by atoms with van der Waals surface area (Å²) in [6.07, 6.45) is 1.79. The third-order valence-electron chi connectivity index (χ3n) is 3.35. The minimum Gasteiger partial charge on any atom is -0.370 e. The van der Waals surface area contributed by atoms with Crippen molar-refractivity contribution in [3.05, 3.63) is 40.2 Å². The Kier molecular flexibility index (Phi) is 3.78. The number of anilines is 1. The maximum atomic E-state index is 12.1. The smallest absolute Gasteiger partial charge is 0.256 e. The molecule has 0 spiro atoms. The van der Waals surface area contributed by atoms with Gasteiger partial charge in [-0.25, -0.2) is 4.98 Å². The van der Waals surface area contributed by atoms with E-state index >= 15 is 0 Å². The molecular weight excluding hydrogens is 270 g/mol. The van der Waals surface area contributed by atoms with Crippen LogP contribution in [0.4, 0.5) is 5.82 Å². The van der Waals surface area contributed by atoms with Gasteiger partial charge in [-0.2, -0.15) is 0 Å². The highest BCUT2D eigenvalue weighted by Gasteiger charge is 2.15. The molecule has 1 aliphatic heterocycles. The maximum Gasteiger partial charge on any atom is 0.256 e. The fourth-order valence-corrected chi connectivity index (χ4v) is 3.02. The quantitative estimate of drug-likeness (QED) is 0.852. The second-order valence-electron chi connectivity index (χ2n) is 4.73. The van der Waals surface area contributed by atoms with Gasteiger partial charge >= 0.3 is 0 Å². The lowest BCUT2D eigenvalue weighted by molar-refractivity contribution is 0.800. The number of aromatic amines is 1. The minimum atomic E-state index is -0.0239. The fourth-order valence-electron chi connectivity index (χ4n) is 2.36. The van der Waals surface area contributed by atoms with Gasteiger partial charge < -0.3 is 10.3 Å². The van der Waals surface area contributed by atoms with E-state index in [2.05, 4.69) is 34.3 Å². The molecule has 2 N–H and O–H groups in total. The molecule has 3 rings (SSSR count). The van der Waals surface area contributed by atoms with Gasteiger partial charge in [0.1, 0.15) is 11.6 Å². The van der Waals surface area contributed by atoms with E-state index in [1.165, 1.54) is 4.90 Å². The number of benzene rings is 1. The van der Waals surface area contributed by atoms with Crippen LogP contribution in [-0.2, 0) is 6.42 Å². The number of thioether (sulfide) groups is 1. The molecule has 0 fully saturated rings. The predicted molar refractivity (Wildman–Crippen MR) is 83.5 cm³/mol. The van der Waals surface area contributed by atoms with Gasteiger partial charge in [0, 0.05) is 17.0 Å². The van der Waals surface area contributed by atoms with Crippen LogP contribution in [0.3, 0.4) is 0 Å². The van der Waals surface area contributed by atoms with Gasteiger partial charge in [-0.05, 0) is 30.7 Å². The van der Waals surface area contributed by atoms with Crippen molar-refractivity contribution in [1.82, 2.24) is 9.97 Å². The van der Waals surface area contributed by atoms with Crippen molar-refractivity contribution < 1.29 is 0 Å². The number of aromatic nitrogens is 2. The SMILES string of the molecule is CCSc1ccc(-c2nc3c(c(=O)[nH]2)CCCN3)cc1. The molecule has 0 unspecified atom stereocenters. The average molecular weight is 287 g/mol. The van der Waals surface area contributed by atoms with Crippen molar-refractivity contribution in [3.8, 4) is 11.4 Å². The zero-order valence-electron chi connectivity index (χ0n) is 11.4. The van der Waals surface area contributed by atoms with E-state index < -0.39 is 0 Å². The first-order valence-electron chi connectivity index (χ1n) is 6.88. The van der Waals surface area contributed by atoms with Crippen molar-refractivity contribution >= 4 is 17.6 Å². The van der Waals surface area contributed by atoms with Crippen molar-refractivity contribution in [2.24, 2.45) is 0 Å². The molecule has 0 saturated heterocycles. The Labute approximate surface area is 122 Å². The van der Waals surface area contributed by atoms with E-state index in [-0.39, 0.29) is 5.56 Å². The Hall–Kier alpha value is -1.75. The molecule has 0 atom stereocenters. The van der Waals surface area contributed by atoms with Crippen LogP contribution in [0.25, 0.3) is 11.4 Å². The maximum absolute atomic E-state index is 12.1. The van der Waals surface area contributed by atoms with E-state index in [9.17, 15) is 4.79 Å². The molecule has 2 aromatic rings. The summed E-state index contributed by atoms with van der Waals surface area (Å²) >= 11 is 1.80. The highest BCUT2D eigenvalue weighted by atomic mass is 32.2. The van der Waals surface area contributed by atoms with Crippen LogP contribution < -0.4 is 10.9 Å². The molecular formula is C15H17N3OS. The second kappa shape index (κ2) is 5.71. The number of nitrogens with one attached hydrogen (secondary N) is 2. The average Bonchev–Trinajstić information content (AvgIpc) is 2.48. The second-order valence-corrected chi connectivity index (χ2v) is 6.07. The Morgan fingerprint density at radius 2 is 2.10 bits per heavy atom.